The molecule has 1 heterocycles. The highest BCUT2D eigenvalue weighted by Gasteiger charge is 2.68. The maximum atomic E-state index is 8.37. The monoisotopic (exact) mass is 401 g/mol. The third kappa shape index (κ3) is 2.71. The molecule has 1 aromatic carbocycles. The van der Waals surface area contributed by atoms with Crippen molar-refractivity contribution >= 4 is 12.2 Å². The summed E-state index contributed by atoms with van der Waals surface area (Å²) >= 11 is 0. The van der Waals surface area contributed by atoms with E-state index in [0.29, 0.717) is 5.92 Å². The summed E-state index contributed by atoms with van der Waals surface area (Å²) in [6.07, 6.45) is 11.5. The predicted octanol–water partition coefficient (Wildman–Crippen LogP) is 6.62. The van der Waals surface area contributed by atoms with Crippen molar-refractivity contribution in [1.82, 2.24) is 4.90 Å². The third-order valence-electron chi connectivity index (χ3n) is 7.90. The van der Waals surface area contributed by atoms with Crippen molar-refractivity contribution in [3.05, 3.63) is 70.5 Å². The van der Waals surface area contributed by atoms with Crippen molar-refractivity contribution in [3.63, 3.8) is 0 Å². The molecule has 1 N–H and O–H groups in total. The first-order chi connectivity index (χ1) is 14.4. The van der Waals surface area contributed by atoms with Gasteiger partial charge >= 0.3 is 0 Å². The SMILES string of the molecule is CC=C[C@]12CC1(CC)c1ccccc1C(N(C=N)C1=CC(C)C(CC)=C(C)C1C)=N2. The lowest BCUT2D eigenvalue weighted by molar-refractivity contribution is 0.540. The molecule has 30 heavy (non-hydrogen) atoms. The van der Waals surface area contributed by atoms with Gasteiger partial charge in [-0.15, -0.1) is 0 Å². The van der Waals surface area contributed by atoms with Crippen molar-refractivity contribution in [1.29, 1.82) is 5.41 Å². The number of allylic oxidation sites excluding steroid dienone is 4. The summed E-state index contributed by atoms with van der Waals surface area (Å²) < 4.78 is 0. The van der Waals surface area contributed by atoms with E-state index in [1.165, 1.54) is 34.3 Å². The zero-order chi connectivity index (χ0) is 21.7. The number of nitrogens with one attached hydrogen (secondary N) is 1. The first-order valence-electron chi connectivity index (χ1n) is 11.4. The molecule has 3 unspecified atom stereocenters. The van der Waals surface area contributed by atoms with Crippen LogP contribution in [0.4, 0.5) is 0 Å². The van der Waals surface area contributed by atoms with Gasteiger partial charge in [0.15, 0.2) is 0 Å². The number of fused-ring (bicyclic) bond motifs is 3. The molecule has 0 radical (unpaired) electrons. The highest BCUT2D eigenvalue weighted by Crippen LogP contribution is 2.66. The molecule has 3 heteroatoms. The zero-order valence-corrected chi connectivity index (χ0v) is 19.3. The number of hydrogen-bond acceptors (Lipinski definition) is 2. The average molecular weight is 402 g/mol. The Bertz CT molecular complexity index is 995. The zero-order valence-electron chi connectivity index (χ0n) is 19.3. The fraction of sp³-hybridized carbons (Fsp3) is 0.481. The van der Waals surface area contributed by atoms with E-state index in [9.17, 15) is 0 Å². The Balaban J connectivity index is 1.87. The Morgan fingerprint density at radius 2 is 1.97 bits per heavy atom. The molecular formula is C27H35N3. The Hall–Kier alpha value is -2.42. The maximum Gasteiger partial charge on any atom is 0.141 e. The van der Waals surface area contributed by atoms with Gasteiger partial charge in [0, 0.05) is 22.6 Å². The molecule has 158 valence electrons. The highest BCUT2D eigenvalue weighted by molar-refractivity contribution is 6.09. The molecule has 3 aliphatic rings. The Morgan fingerprint density at radius 3 is 2.60 bits per heavy atom. The van der Waals surface area contributed by atoms with Gasteiger partial charge < -0.3 is 0 Å². The van der Waals surface area contributed by atoms with Crippen molar-refractivity contribution < 1.29 is 0 Å². The van der Waals surface area contributed by atoms with Crippen molar-refractivity contribution in [2.45, 2.75) is 71.8 Å². The van der Waals surface area contributed by atoms with E-state index in [1.807, 2.05) is 0 Å². The predicted molar refractivity (Wildman–Crippen MR) is 127 cm³/mol. The molecule has 0 saturated heterocycles. The number of benzene rings is 1. The van der Waals surface area contributed by atoms with Gasteiger partial charge in [0.2, 0.25) is 0 Å². The minimum Gasteiger partial charge on any atom is -0.291 e. The molecular weight excluding hydrogens is 366 g/mol. The van der Waals surface area contributed by atoms with Crippen LogP contribution in [0.15, 0.2) is 64.3 Å². The van der Waals surface area contributed by atoms with Crippen molar-refractivity contribution in [2.24, 2.45) is 16.8 Å². The van der Waals surface area contributed by atoms with Crippen LogP contribution in [-0.4, -0.2) is 22.6 Å². The normalized spacial score (nSPS) is 32.3. The molecule has 0 aromatic heterocycles. The molecule has 0 amide bonds. The standard InChI is InChI=1S/C27H35N3/c1-7-14-27-16-26(27,9-3)23-13-11-10-12-22(23)25(29-27)30(17-28)24-15-18(4)21(8-2)19(5)20(24)6/h7,10-15,17-18,20,28H,8-9,16H2,1-6H3/t18?,20?,26?,27-/m0/s1. The number of rotatable bonds is 5. The van der Waals surface area contributed by atoms with Crippen molar-refractivity contribution in [2.75, 3.05) is 0 Å². The van der Waals surface area contributed by atoms with Crippen LogP contribution in [0.5, 0.6) is 0 Å². The second kappa shape index (κ2) is 7.37. The molecule has 4 atom stereocenters. The van der Waals surface area contributed by atoms with Gasteiger partial charge in [0.1, 0.15) is 5.84 Å². The number of nitrogens with zero attached hydrogens (tertiary/aromatic N) is 2. The number of aliphatic imine (C=N–C) groups is 1. The number of amidine groups is 1. The molecule has 1 fully saturated rings. The Labute approximate surface area is 181 Å². The molecule has 1 aliphatic heterocycles. The molecule has 2 aliphatic carbocycles. The van der Waals surface area contributed by atoms with E-state index in [1.54, 1.807) is 0 Å². The minimum atomic E-state index is -0.176. The van der Waals surface area contributed by atoms with E-state index in [0.717, 1.165) is 25.1 Å². The van der Waals surface area contributed by atoms with Gasteiger partial charge in [-0.05, 0) is 44.6 Å². The van der Waals surface area contributed by atoms with Crippen LogP contribution in [0.1, 0.15) is 71.9 Å². The third-order valence-corrected chi connectivity index (χ3v) is 7.90. The second-order valence-corrected chi connectivity index (χ2v) is 9.18. The van der Waals surface area contributed by atoms with Gasteiger partial charge in [0.05, 0.1) is 11.9 Å². The van der Waals surface area contributed by atoms with Crippen LogP contribution < -0.4 is 0 Å². The van der Waals surface area contributed by atoms with Crippen LogP contribution in [-0.2, 0) is 5.41 Å². The minimum absolute atomic E-state index is 0.0956. The summed E-state index contributed by atoms with van der Waals surface area (Å²) in [7, 11) is 0. The Morgan fingerprint density at radius 1 is 1.23 bits per heavy atom. The first-order valence-corrected chi connectivity index (χ1v) is 11.4. The molecule has 4 rings (SSSR count). The van der Waals surface area contributed by atoms with Crippen LogP contribution >= 0.6 is 0 Å². The van der Waals surface area contributed by atoms with Crippen LogP contribution in [0.3, 0.4) is 0 Å². The van der Waals surface area contributed by atoms with Crippen LogP contribution in [0, 0.1) is 17.2 Å². The van der Waals surface area contributed by atoms with Gasteiger partial charge in [-0.1, -0.05) is 81.3 Å². The van der Waals surface area contributed by atoms with Crippen LogP contribution in [0.2, 0.25) is 0 Å². The number of hydrogen-bond donors (Lipinski definition) is 1. The molecule has 1 saturated carbocycles. The molecule has 1 aromatic rings. The topological polar surface area (TPSA) is 39.5 Å². The molecule has 3 nitrogen and oxygen atoms in total. The summed E-state index contributed by atoms with van der Waals surface area (Å²) in [6, 6.07) is 8.73. The quantitative estimate of drug-likeness (QED) is 0.336. The molecule has 0 bridgehead atoms. The van der Waals surface area contributed by atoms with Gasteiger partial charge in [-0.3, -0.25) is 15.3 Å². The summed E-state index contributed by atoms with van der Waals surface area (Å²) in [5, 5.41) is 8.37. The van der Waals surface area contributed by atoms with E-state index >= 15 is 0 Å². The van der Waals surface area contributed by atoms with Crippen LogP contribution in [0.25, 0.3) is 0 Å². The molecule has 0 spiro atoms. The van der Waals surface area contributed by atoms with E-state index in [-0.39, 0.29) is 16.9 Å². The average Bonchev–Trinajstić information content (AvgIpc) is 3.42. The smallest absolute Gasteiger partial charge is 0.141 e. The summed E-state index contributed by atoms with van der Waals surface area (Å²) in [6.45, 7) is 13.4. The summed E-state index contributed by atoms with van der Waals surface area (Å²) in [5.41, 5.74) is 6.64. The highest BCUT2D eigenvalue weighted by atomic mass is 15.2. The maximum absolute atomic E-state index is 8.37. The largest absolute Gasteiger partial charge is 0.291 e. The van der Waals surface area contributed by atoms with E-state index in [4.69, 9.17) is 10.4 Å². The van der Waals surface area contributed by atoms with Gasteiger partial charge in [0.25, 0.3) is 0 Å². The fourth-order valence-electron chi connectivity index (χ4n) is 6.08. The van der Waals surface area contributed by atoms with Gasteiger partial charge in [-0.2, -0.15) is 0 Å². The van der Waals surface area contributed by atoms with Gasteiger partial charge in [-0.25, -0.2) is 0 Å². The first kappa shape index (κ1) is 20.8. The summed E-state index contributed by atoms with van der Waals surface area (Å²) in [4.78, 5) is 7.43. The van der Waals surface area contributed by atoms with E-state index < -0.39 is 0 Å². The lowest BCUT2D eigenvalue weighted by Gasteiger charge is -2.38. The second-order valence-electron chi connectivity index (χ2n) is 9.18. The summed E-state index contributed by atoms with van der Waals surface area (Å²) in [5.74, 6) is 1.60. The fourth-order valence-corrected chi connectivity index (χ4v) is 6.08. The lowest BCUT2D eigenvalue weighted by Crippen LogP contribution is -2.40. The lowest BCUT2D eigenvalue weighted by atomic mass is 9.79. The van der Waals surface area contributed by atoms with Crippen molar-refractivity contribution in [3.8, 4) is 0 Å². The Kier molecular flexibility index (Phi) is 5.12. The van der Waals surface area contributed by atoms with E-state index in [2.05, 4.69) is 88.9 Å².